The van der Waals surface area contributed by atoms with Crippen LogP contribution < -0.4 is 0 Å². The number of rotatable bonds is 8. The second-order valence-corrected chi connectivity index (χ2v) is 5.73. The van der Waals surface area contributed by atoms with Crippen molar-refractivity contribution < 1.29 is 9.84 Å². The molecule has 0 aromatic rings. The molecule has 0 aromatic heterocycles. The third kappa shape index (κ3) is 6.42. The number of hydrogen-bond acceptors (Lipinski definition) is 2. The summed E-state index contributed by atoms with van der Waals surface area (Å²) in [6.45, 7) is 5.05. The molecule has 1 aliphatic heterocycles. The van der Waals surface area contributed by atoms with Gasteiger partial charge in [-0.15, -0.1) is 0 Å². The van der Waals surface area contributed by atoms with Crippen molar-refractivity contribution in [3.05, 3.63) is 0 Å². The second-order valence-electron chi connectivity index (χ2n) is 5.73. The zero-order valence-corrected chi connectivity index (χ0v) is 11.7. The first-order valence-corrected chi connectivity index (χ1v) is 7.50. The van der Waals surface area contributed by atoms with Crippen molar-refractivity contribution in [2.75, 3.05) is 6.61 Å². The Kier molecular flexibility index (Phi) is 7.14. The Morgan fingerprint density at radius 1 is 1.12 bits per heavy atom. The van der Waals surface area contributed by atoms with Crippen LogP contribution in [-0.2, 0) is 4.74 Å². The highest BCUT2D eigenvalue weighted by Gasteiger charge is 2.32. The van der Waals surface area contributed by atoms with Gasteiger partial charge in [-0.2, -0.15) is 0 Å². The Balaban J connectivity index is 2.01. The molecule has 0 spiro atoms. The fraction of sp³-hybridized carbons (Fsp3) is 1.00. The van der Waals surface area contributed by atoms with E-state index >= 15 is 0 Å². The third-order valence-corrected chi connectivity index (χ3v) is 3.88. The monoisotopic (exact) mass is 242 g/mol. The van der Waals surface area contributed by atoms with Crippen molar-refractivity contribution in [2.45, 2.75) is 89.8 Å². The second kappa shape index (κ2) is 8.10. The number of aliphatic hydroxyl groups is 1. The maximum Gasteiger partial charge on any atom is 0.0694 e. The minimum absolute atomic E-state index is 0.235. The lowest BCUT2D eigenvalue weighted by atomic mass is 9.86. The number of hydrogen-bond donors (Lipinski definition) is 1. The van der Waals surface area contributed by atoms with Crippen LogP contribution in [0.3, 0.4) is 0 Å². The quantitative estimate of drug-likeness (QED) is 0.650. The molecule has 2 atom stereocenters. The van der Waals surface area contributed by atoms with E-state index in [1.807, 2.05) is 0 Å². The molecular weight excluding hydrogens is 212 g/mol. The van der Waals surface area contributed by atoms with E-state index in [2.05, 4.69) is 13.8 Å². The van der Waals surface area contributed by atoms with Gasteiger partial charge in [-0.3, -0.25) is 0 Å². The van der Waals surface area contributed by atoms with Crippen LogP contribution in [0.25, 0.3) is 0 Å². The highest BCUT2D eigenvalue weighted by atomic mass is 16.5. The van der Waals surface area contributed by atoms with E-state index in [9.17, 15) is 5.11 Å². The van der Waals surface area contributed by atoms with Crippen LogP contribution in [0.4, 0.5) is 0 Å². The molecule has 0 amide bonds. The Morgan fingerprint density at radius 3 is 2.41 bits per heavy atom. The summed E-state index contributed by atoms with van der Waals surface area (Å²) in [5.74, 6) is 0. The first kappa shape index (κ1) is 15.0. The average molecular weight is 242 g/mol. The minimum Gasteiger partial charge on any atom is -0.390 e. The van der Waals surface area contributed by atoms with Gasteiger partial charge in [0, 0.05) is 13.0 Å². The minimum atomic E-state index is -0.429. The lowest BCUT2D eigenvalue weighted by Gasteiger charge is -2.35. The largest absolute Gasteiger partial charge is 0.390 e. The predicted molar refractivity (Wildman–Crippen MR) is 72.2 cm³/mol. The predicted octanol–water partition coefficient (Wildman–Crippen LogP) is 4.06. The van der Waals surface area contributed by atoms with Crippen LogP contribution in [0.2, 0.25) is 0 Å². The van der Waals surface area contributed by atoms with Crippen molar-refractivity contribution in [3.63, 3.8) is 0 Å². The molecule has 2 nitrogen and oxygen atoms in total. The summed E-state index contributed by atoms with van der Waals surface area (Å²) in [4.78, 5) is 0. The molecule has 0 radical (unpaired) electrons. The van der Waals surface area contributed by atoms with Crippen molar-refractivity contribution in [3.8, 4) is 0 Å². The summed E-state index contributed by atoms with van der Waals surface area (Å²) < 4.78 is 5.49. The van der Waals surface area contributed by atoms with Gasteiger partial charge >= 0.3 is 0 Å². The van der Waals surface area contributed by atoms with E-state index in [0.29, 0.717) is 0 Å². The van der Waals surface area contributed by atoms with Gasteiger partial charge in [0.25, 0.3) is 0 Å². The van der Waals surface area contributed by atoms with E-state index in [-0.39, 0.29) is 6.10 Å². The molecule has 1 aliphatic rings. The van der Waals surface area contributed by atoms with E-state index in [1.165, 1.54) is 44.9 Å². The molecule has 0 aliphatic carbocycles. The molecular formula is C15H30O2. The smallest absolute Gasteiger partial charge is 0.0694 e. The Hall–Kier alpha value is -0.0800. The Morgan fingerprint density at radius 2 is 1.76 bits per heavy atom. The summed E-state index contributed by atoms with van der Waals surface area (Å²) in [5, 5.41) is 10.4. The van der Waals surface area contributed by atoms with Crippen molar-refractivity contribution in [1.29, 1.82) is 0 Å². The van der Waals surface area contributed by atoms with Crippen LogP contribution in [-0.4, -0.2) is 23.4 Å². The highest BCUT2D eigenvalue weighted by molar-refractivity contribution is 4.84. The Bertz CT molecular complexity index is 193. The molecule has 2 unspecified atom stereocenters. The van der Waals surface area contributed by atoms with Crippen molar-refractivity contribution in [1.82, 2.24) is 0 Å². The molecule has 0 saturated carbocycles. The molecule has 1 saturated heterocycles. The molecule has 0 aromatic carbocycles. The first-order chi connectivity index (χ1) is 8.16. The topological polar surface area (TPSA) is 29.5 Å². The van der Waals surface area contributed by atoms with Gasteiger partial charge in [0.2, 0.25) is 0 Å². The lowest BCUT2D eigenvalue weighted by Crippen LogP contribution is -2.39. The van der Waals surface area contributed by atoms with Gasteiger partial charge in [0.05, 0.1) is 11.7 Å². The molecule has 0 bridgehead atoms. The van der Waals surface area contributed by atoms with Crippen LogP contribution in [0.5, 0.6) is 0 Å². The molecule has 1 N–H and O–H groups in total. The highest BCUT2D eigenvalue weighted by Crippen LogP contribution is 2.29. The zero-order chi connectivity index (χ0) is 12.6. The first-order valence-electron chi connectivity index (χ1n) is 7.50. The van der Waals surface area contributed by atoms with E-state index in [0.717, 1.165) is 25.9 Å². The Labute approximate surface area is 107 Å². The molecule has 1 heterocycles. The number of ether oxygens (including phenoxy) is 1. The van der Waals surface area contributed by atoms with Gasteiger partial charge in [-0.1, -0.05) is 51.9 Å². The van der Waals surface area contributed by atoms with Crippen molar-refractivity contribution >= 4 is 0 Å². The molecule has 1 rings (SSSR count). The molecule has 102 valence electrons. The fourth-order valence-electron chi connectivity index (χ4n) is 2.78. The number of unbranched alkanes of at least 4 members (excludes halogenated alkanes) is 6. The molecule has 2 heteroatoms. The van der Waals surface area contributed by atoms with Crippen molar-refractivity contribution in [2.24, 2.45) is 0 Å². The van der Waals surface area contributed by atoms with Gasteiger partial charge in [0.15, 0.2) is 0 Å². The normalized spacial score (nSPS) is 29.5. The summed E-state index contributed by atoms with van der Waals surface area (Å²) in [6, 6.07) is 0. The van der Waals surface area contributed by atoms with Crippen LogP contribution in [0, 0.1) is 0 Å². The summed E-state index contributed by atoms with van der Waals surface area (Å²) in [7, 11) is 0. The average Bonchev–Trinajstić information content (AvgIpc) is 2.27. The zero-order valence-electron chi connectivity index (χ0n) is 11.7. The summed E-state index contributed by atoms with van der Waals surface area (Å²) >= 11 is 0. The van der Waals surface area contributed by atoms with E-state index in [1.54, 1.807) is 0 Å². The van der Waals surface area contributed by atoms with Crippen LogP contribution in [0.15, 0.2) is 0 Å². The van der Waals surface area contributed by atoms with Gasteiger partial charge in [-0.05, 0) is 19.8 Å². The van der Waals surface area contributed by atoms with E-state index < -0.39 is 5.60 Å². The van der Waals surface area contributed by atoms with Gasteiger partial charge in [0.1, 0.15) is 0 Å². The molecule has 17 heavy (non-hydrogen) atoms. The maximum absolute atomic E-state index is 10.4. The van der Waals surface area contributed by atoms with Crippen LogP contribution in [0.1, 0.15) is 78.1 Å². The lowest BCUT2D eigenvalue weighted by molar-refractivity contribution is -0.101. The standard InChI is InChI=1S/C15H30O2/c1-3-4-5-6-7-8-9-10-15(16)11-12-17-14(2)13-15/h14,16H,3-13H2,1-2H3. The van der Waals surface area contributed by atoms with E-state index in [4.69, 9.17) is 4.74 Å². The van der Waals surface area contributed by atoms with Gasteiger partial charge in [-0.25, -0.2) is 0 Å². The molecule has 1 fully saturated rings. The maximum atomic E-state index is 10.4. The summed E-state index contributed by atoms with van der Waals surface area (Å²) in [6.07, 6.45) is 12.1. The SMILES string of the molecule is CCCCCCCCCC1(O)CCOC(C)C1. The fourth-order valence-corrected chi connectivity index (χ4v) is 2.78. The summed E-state index contributed by atoms with van der Waals surface area (Å²) in [5.41, 5.74) is -0.429. The third-order valence-electron chi connectivity index (χ3n) is 3.88. The van der Waals surface area contributed by atoms with Gasteiger partial charge < -0.3 is 9.84 Å². The van der Waals surface area contributed by atoms with Crippen LogP contribution >= 0.6 is 0 Å².